The zero-order chi connectivity index (χ0) is 13.3. The largest absolute Gasteiger partial charge is 0.391 e. The molecule has 1 fully saturated rings. The Labute approximate surface area is 106 Å². The topological polar surface area (TPSA) is 0 Å². The Hall–Kier alpha value is -0.990. The standard InChI is InChI=1S/C15H19F3/c1-10-3-4-13(9-11(10)2)12-5-7-14(8-6-12)15(16,17)18/h3-4,9,12,14H,5-8H2,1-2H3/t12-,14+. The second-order valence-corrected chi connectivity index (χ2v) is 5.43. The first-order valence-corrected chi connectivity index (χ1v) is 6.52. The molecular weight excluding hydrogens is 237 g/mol. The van der Waals surface area contributed by atoms with Crippen LogP contribution in [0.5, 0.6) is 0 Å². The van der Waals surface area contributed by atoms with Crippen LogP contribution in [-0.4, -0.2) is 6.18 Å². The summed E-state index contributed by atoms with van der Waals surface area (Å²) in [4.78, 5) is 0. The number of alkyl halides is 3. The van der Waals surface area contributed by atoms with Gasteiger partial charge in [0.25, 0.3) is 0 Å². The van der Waals surface area contributed by atoms with Gasteiger partial charge in [0.2, 0.25) is 0 Å². The Balaban J connectivity index is 2.03. The number of rotatable bonds is 1. The lowest BCUT2D eigenvalue weighted by atomic mass is 9.78. The second-order valence-electron chi connectivity index (χ2n) is 5.43. The van der Waals surface area contributed by atoms with E-state index in [1.54, 1.807) is 0 Å². The lowest BCUT2D eigenvalue weighted by Gasteiger charge is -2.30. The van der Waals surface area contributed by atoms with Crippen LogP contribution < -0.4 is 0 Å². The van der Waals surface area contributed by atoms with E-state index in [1.807, 2.05) is 0 Å². The van der Waals surface area contributed by atoms with Crippen molar-refractivity contribution < 1.29 is 13.2 Å². The SMILES string of the molecule is Cc1ccc([C@H]2CC[C@@H](C(F)(F)F)CC2)cc1C. The molecule has 0 amide bonds. The molecule has 0 N–H and O–H groups in total. The Morgan fingerprint density at radius 1 is 0.944 bits per heavy atom. The molecule has 0 heterocycles. The van der Waals surface area contributed by atoms with Gasteiger partial charge in [-0.05, 0) is 62.1 Å². The molecule has 18 heavy (non-hydrogen) atoms. The van der Waals surface area contributed by atoms with Gasteiger partial charge in [0.05, 0.1) is 5.92 Å². The molecule has 0 aliphatic heterocycles. The molecule has 2 rings (SSSR count). The van der Waals surface area contributed by atoms with Crippen molar-refractivity contribution in [3.05, 3.63) is 34.9 Å². The first-order chi connectivity index (χ1) is 8.38. The molecule has 0 unspecified atom stereocenters. The first kappa shape index (κ1) is 13.4. The van der Waals surface area contributed by atoms with Crippen LogP contribution in [0.25, 0.3) is 0 Å². The van der Waals surface area contributed by atoms with Crippen LogP contribution in [0.15, 0.2) is 18.2 Å². The van der Waals surface area contributed by atoms with E-state index in [2.05, 4.69) is 32.0 Å². The fourth-order valence-electron chi connectivity index (χ4n) is 2.77. The Morgan fingerprint density at radius 3 is 2.06 bits per heavy atom. The number of aryl methyl sites for hydroxylation is 2. The van der Waals surface area contributed by atoms with Crippen molar-refractivity contribution in [2.45, 2.75) is 51.6 Å². The van der Waals surface area contributed by atoms with Gasteiger partial charge in [-0.15, -0.1) is 0 Å². The molecule has 0 radical (unpaired) electrons. The van der Waals surface area contributed by atoms with Crippen LogP contribution in [0.3, 0.4) is 0 Å². The highest BCUT2D eigenvalue weighted by atomic mass is 19.4. The van der Waals surface area contributed by atoms with Crippen molar-refractivity contribution in [1.29, 1.82) is 0 Å². The van der Waals surface area contributed by atoms with E-state index in [-0.39, 0.29) is 12.8 Å². The van der Waals surface area contributed by atoms with Gasteiger partial charge in [0.15, 0.2) is 0 Å². The molecule has 0 saturated heterocycles. The minimum absolute atomic E-state index is 0.279. The van der Waals surface area contributed by atoms with Crippen molar-refractivity contribution in [2.75, 3.05) is 0 Å². The predicted octanol–water partition coefficient (Wildman–Crippen LogP) is 5.14. The van der Waals surface area contributed by atoms with Gasteiger partial charge in [-0.25, -0.2) is 0 Å². The van der Waals surface area contributed by atoms with Gasteiger partial charge in [0.1, 0.15) is 0 Å². The summed E-state index contributed by atoms with van der Waals surface area (Å²) < 4.78 is 37.8. The zero-order valence-corrected chi connectivity index (χ0v) is 10.8. The van der Waals surface area contributed by atoms with Crippen molar-refractivity contribution >= 4 is 0 Å². The quantitative estimate of drug-likeness (QED) is 0.652. The van der Waals surface area contributed by atoms with Crippen molar-refractivity contribution in [3.63, 3.8) is 0 Å². The van der Waals surface area contributed by atoms with E-state index in [0.717, 1.165) is 0 Å². The smallest absolute Gasteiger partial charge is 0.171 e. The van der Waals surface area contributed by atoms with Crippen molar-refractivity contribution in [2.24, 2.45) is 5.92 Å². The minimum Gasteiger partial charge on any atom is -0.171 e. The molecule has 0 atom stereocenters. The molecule has 1 aliphatic carbocycles. The summed E-state index contributed by atoms with van der Waals surface area (Å²) in [5.74, 6) is -0.775. The third kappa shape index (κ3) is 2.88. The lowest BCUT2D eigenvalue weighted by Crippen LogP contribution is -2.27. The molecule has 0 aromatic heterocycles. The maximum Gasteiger partial charge on any atom is 0.391 e. The lowest BCUT2D eigenvalue weighted by molar-refractivity contribution is -0.182. The van der Waals surface area contributed by atoms with E-state index >= 15 is 0 Å². The summed E-state index contributed by atoms with van der Waals surface area (Å²) in [5, 5.41) is 0. The van der Waals surface area contributed by atoms with Crippen LogP contribution in [0.2, 0.25) is 0 Å². The van der Waals surface area contributed by atoms with Gasteiger partial charge in [-0.3, -0.25) is 0 Å². The predicted molar refractivity (Wildman–Crippen MR) is 66.7 cm³/mol. The van der Waals surface area contributed by atoms with E-state index < -0.39 is 12.1 Å². The molecular formula is C15H19F3. The van der Waals surface area contributed by atoms with Gasteiger partial charge in [-0.1, -0.05) is 18.2 Å². The summed E-state index contributed by atoms with van der Waals surface area (Å²) in [6.07, 6.45) is -2.13. The summed E-state index contributed by atoms with van der Waals surface area (Å²) in [6.45, 7) is 4.11. The summed E-state index contributed by atoms with van der Waals surface area (Å²) in [5.41, 5.74) is 3.67. The average Bonchev–Trinajstić information content (AvgIpc) is 2.32. The fraction of sp³-hybridized carbons (Fsp3) is 0.600. The molecule has 0 bridgehead atoms. The molecule has 0 nitrogen and oxygen atoms in total. The monoisotopic (exact) mass is 256 g/mol. The maximum atomic E-state index is 12.6. The van der Waals surface area contributed by atoms with Crippen LogP contribution in [0.1, 0.15) is 48.3 Å². The third-order valence-corrected chi connectivity index (χ3v) is 4.19. The third-order valence-electron chi connectivity index (χ3n) is 4.19. The Morgan fingerprint density at radius 2 is 1.56 bits per heavy atom. The number of hydrogen-bond acceptors (Lipinski definition) is 0. The van der Waals surface area contributed by atoms with Crippen molar-refractivity contribution in [3.8, 4) is 0 Å². The van der Waals surface area contributed by atoms with Gasteiger partial charge in [0, 0.05) is 0 Å². The van der Waals surface area contributed by atoms with Gasteiger partial charge in [-0.2, -0.15) is 13.2 Å². The van der Waals surface area contributed by atoms with E-state index in [1.165, 1.54) is 16.7 Å². The molecule has 1 saturated carbocycles. The summed E-state index contributed by atoms with van der Waals surface area (Å²) in [7, 11) is 0. The molecule has 0 spiro atoms. The van der Waals surface area contributed by atoms with Crippen molar-refractivity contribution in [1.82, 2.24) is 0 Å². The average molecular weight is 256 g/mol. The van der Waals surface area contributed by atoms with E-state index in [9.17, 15) is 13.2 Å². The first-order valence-electron chi connectivity index (χ1n) is 6.52. The molecule has 1 aromatic carbocycles. The van der Waals surface area contributed by atoms with E-state index in [4.69, 9.17) is 0 Å². The van der Waals surface area contributed by atoms with Crippen LogP contribution >= 0.6 is 0 Å². The summed E-state index contributed by atoms with van der Waals surface area (Å²) in [6, 6.07) is 6.27. The number of halogens is 3. The zero-order valence-electron chi connectivity index (χ0n) is 10.8. The fourth-order valence-corrected chi connectivity index (χ4v) is 2.77. The normalized spacial score (nSPS) is 25.2. The maximum absolute atomic E-state index is 12.6. The Kier molecular flexibility index (Phi) is 3.69. The highest BCUT2D eigenvalue weighted by molar-refractivity contribution is 5.32. The summed E-state index contributed by atoms with van der Waals surface area (Å²) >= 11 is 0. The molecule has 100 valence electrons. The highest BCUT2D eigenvalue weighted by Gasteiger charge is 2.41. The number of benzene rings is 1. The van der Waals surface area contributed by atoms with Gasteiger partial charge >= 0.3 is 6.18 Å². The van der Waals surface area contributed by atoms with Gasteiger partial charge < -0.3 is 0 Å². The molecule has 1 aromatic rings. The van der Waals surface area contributed by atoms with Crippen LogP contribution in [0.4, 0.5) is 13.2 Å². The number of hydrogen-bond donors (Lipinski definition) is 0. The molecule has 3 heteroatoms. The van der Waals surface area contributed by atoms with E-state index in [0.29, 0.717) is 18.8 Å². The van der Waals surface area contributed by atoms with Crippen LogP contribution in [-0.2, 0) is 0 Å². The second kappa shape index (κ2) is 4.94. The molecule has 1 aliphatic rings. The Bertz CT molecular complexity index is 412. The highest BCUT2D eigenvalue weighted by Crippen LogP contribution is 2.42. The minimum atomic E-state index is -4.01. The van der Waals surface area contributed by atoms with Crippen LogP contribution in [0, 0.1) is 19.8 Å².